The summed E-state index contributed by atoms with van der Waals surface area (Å²) >= 11 is 6.81. The fourth-order valence-electron chi connectivity index (χ4n) is 4.24. The van der Waals surface area contributed by atoms with E-state index >= 15 is 0 Å². The first-order valence-corrected chi connectivity index (χ1v) is 10.3. The fraction of sp³-hybridized carbons (Fsp3) is 0.478. The van der Waals surface area contributed by atoms with Crippen LogP contribution in [0, 0.1) is 5.92 Å². The maximum Gasteiger partial charge on any atom is 0.179 e. The normalized spacial score (nSPS) is 19.6. The molecule has 5 heteroatoms. The molecule has 4 rings (SSSR count). The van der Waals surface area contributed by atoms with Gasteiger partial charge in [0.05, 0.1) is 26.4 Å². The minimum Gasteiger partial charge on any atom is -0.497 e. The smallest absolute Gasteiger partial charge is 0.179 e. The second-order valence-corrected chi connectivity index (χ2v) is 8.15. The third kappa shape index (κ3) is 3.81. The van der Waals surface area contributed by atoms with Crippen LogP contribution in [0.2, 0.25) is 5.02 Å². The van der Waals surface area contributed by atoms with Crippen LogP contribution in [-0.4, -0.2) is 45.9 Å². The van der Waals surface area contributed by atoms with Gasteiger partial charge in [0.25, 0.3) is 0 Å². The van der Waals surface area contributed by atoms with Crippen LogP contribution in [0.3, 0.4) is 0 Å². The minimum absolute atomic E-state index is 0.236. The van der Waals surface area contributed by atoms with E-state index in [0.717, 1.165) is 31.2 Å². The summed E-state index contributed by atoms with van der Waals surface area (Å²) in [5, 5.41) is 0.684. The van der Waals surface area contributed by atoms with Gasteiger partial charge in [0, 0.05) is 25.6 Å². The van der Waals surface area contributed by atoms with Crippen LogP contribution < -0.4 is 14.2 Å². The number of halogens is 1. The number of benzene rings is 2. The summed E-state index contributed by atoms with van der Waals surface area (Å²) in [7, 11) is 5.01. The molecular weight excluding hydrogens is 374 g/mol. The highest BCUT2D eigenvalue weighted by Gasteiger charge is 2.32. The molecule has 2 aliphatic rings. The van der Waals surface area contributed by atoms with Crippen LogP contribution in [0.4, 0.5) is 0 Å². The van der Waals surface area contributed by atoms with Gasteiger partial charge in [-0.15, -0.1) is 0 Å². The molecule has 1 fully saturated rings. The van der Waals surface area contributed by atoms with Crippen molar-refractivity contribution in [3.05, 3.63) is 52.0 Å². The number of hydrogen-bond donors (Lipinski definition) is 0. The Balaban J connectivity index is 1.79. The zero-order valence-corrected chi connectivity index (χ0v) is 17.6. The van der Waals surface area contributed by atoms with Crippen molar-refractivity contribution in [2.45, 2.75) is 25.2 Å². The van der Waals surface area contributed by atoms with Gasteiger partial charge in [-0.05, 0) is 60.1 Å². The Labute approximate surface area is 172 Å². The summed E-state index contributed by atoms with van der Waals surface area (Å²) in [4.78, 5) is 2.60. The van der Waals surface area contributed by atoms with Gasteiger partial charge < -0.3 is 19.1 Å². The van der Waals surface area contributed by atoms with E-state index in [-0.39, 0.29) is 5.92 Å². The van der Waals surface area contributed by atoms with Crippen molar-refractivity contribution < 1.29 is 14.2 Å². The molecule has 1 atom stereocenters. The molecule has 1 saturated carbocycles. The van der Waals surface area contributed by atoms with E-state index in [1.54, 1.807) is 21.3 Å². The average Bonchev–Trinajstić information content (AvgIpc) is 3.55. The molecule has 0 amide bonds. The van der Waals surface area contributed by atoms with Crippen LogP contribution in [0.1, 0.15) is 35.4 Å². The Morgan fingerprint density at radius 3 is 2.39 bits per heavy atom. The number of rotatable bonds is 6. The van der Waals surface area contributed by atoms with Gasteiger partial charge in [0.15, 0.2) is 11.5 Å². The van der Waals surface area contributed by atoms with Crippen molar-refractivity contribution in [2.24, 2.45) is 5.92 Å². The maximum absolute atomic E-state index is 6.81. The third-order valence-electron chi connectivity index (χ3n) is 5.97. The van der Waals surface area contributed by atoms with Gasteiger partial charge in [0.1, 0.15) is 5.75 Å². The van der Waals surface area contributed by atoms with Crippen LogP contribution >= 0.6 is 11.6 Å². The predicted octanol–water partition coefficient (Wildman–Crippen LogP) is 4.77. The average molecular weight is 402 g/mol. The van der Waals surface area contributed by atoms with Gasteiger partial charge in [-0.1, -0.05) is 23.7 Å². The van der Waals surface area contributed by atoms with E-state index in [0.29, 0.717) is 16.5 Å². The van der Waals surface area contributed by atoms with Crippen molar-refractivity contribution in [3.8, 4) is 17.2 Å². The summed E-state index contributed by atoms with van der Waals surface area (Å²) < 4.78 is 16.5. The maximum atomic E-state index is 6.81. The Morgan fingerprint density at radius 2 is 1.79 bits per heavy atom. The van der Waals surface area contributed by atoms with Gasteiger partial charge >= 0.3 is 0 Å². The van der Waals surface area contributed by atoms with E-state index in [1.165, 1.54) is 36.1 Å². The molecule has 4 nitrogen and oxygen atoms in total. The van der Waals surface area contributed by atoms with Crippen LogP contribution in [0.25, 0.3) is 0 Å². The zero-order chi connectivity index (χ0) is 19.7. The third-order valence-corrected chi connectivity index (χ3v) is 6.37. The van der Waals surface area contributed by atoms with Gasteiger partial charge in [-0.3, -0.25) is 0 Å². The molecule has 1 heterocycles. The van der Waals surface area contributed by atoms with Crippen molar-refractivity contribution in [2.75, 3.05) is 41.0 Å². The molecule has 0 aromatic heterocycles. The highest BCUT2D eigenvalue weighted by atomic mass is 35.5. The second-order valence-electron chi connectivity index (χ2n) is 7.77. The largest absolute Gasteiger partial charge is 0.497 e. The van der Waals surface area contributed by atoms with Crippen molar-refractivity contribution in [3.63, 3.8) is 0 Å². The van der Waals surface area contributed by atoms with E-state index in [9.17, 15) is 0 Å². The minimum atomic E-state index is 0.236. The Bertz CT molecular complexity index is 833. The van der Waals surface area contributed by atoms with E-state index in [2.05, 4.69) is 23.1 Å². The molecule has 150 valence electrons. The molecule has 0 N–H and O–H groups in total. The van der Waals surface area contributed by atoms with Crippen molar-refractivity contribution in [1.82, 2.24) is 4.90 Å². The molecule has 28 heavy (non-hydrogen) atoms. The van der Waals surface area contributed by atoms with Crippen LogP contribution in [-0.2, 0) is 6.42 Å². The molecular formula is C23H28ClNO3. The zero-order valence-electron chi connectivity index (χ0n) is 16.8. The quantitative estimate of drug-likeness (QED) is 0.697. The highest BCUT2D eigenvalue weighted by Crippen LogP contribution is 2.45. The summed E-state index contributed by atoms with van der Waals surface area (Å²) in [6.07, 6.45) is 3.64. The Kier molecular flexibility index (Phi) is 5.70. The first-order chi connectivity index (χ1) is 13.6. The first-order valence-electron chi connectivity index (χ1n) is 9.94. The summed E-state index contributed by atoms with van der Waals surface area (Å²) in [5.74, 6) is 3.29. The number of fused-ring (bicyclic) bond motifs is 1. The molecule has 1 aliphatic carbocycles. The fourth-order valence-corrected chi connectivity index (χ4v) is 4.62. The SMILES string of the molecule is COc1ccc(C2CN(CC3CC3)CCc3c2cc(OC)c(OC)c3Cl)cc1. The summed E-state index contributed by atoms with van der Waals surface area (Å²) in [5.41, 5.74) is 3.69. The van der Waals surface area contributed by atoms with Gasteiger partial charge in [-0.25, -0.2) is 0 Å². The first kappa shape index (κ1) is 19.4. The number of methoxy groups -OCH3 is 3. The monoisotopic (exact) mass is 401 g/mol. The van der Waals surface area contributed by atoms with Crippen LogP contribution in [0.5, 0.6) is 17.2 Å². The molecule has 0 spiro atoms. The van der Waals surface area contributed by atoms with E-state index in [4.69, 9.17) is 25.8 Å². The Morgan fingerprint density at radius 1 is 1.04 bits per heavy atom. The molecule has 1 aliphatic heterocycles. The number of hydrogen-bond acceptors (Lipinski definition) is 4. The standard InChI is InChI=1S/C23H28ClNO3/c1-26-17-8-6-16(7-9-17)20-14-25(13-15-4-5-15)11-10-18-19(20)12-21(27-2)23(28-3)22(18)24/h6-9,12,15,20H,4-5,10-11,13-14H2,1-3H3. The highest BCUT2D eigenvalue weighted by molar-refractivity contribution is 6.33. The molecule has 1 unspecified atom stereocenters. The lowest BCUT2D eigenvalue weighted by Gasteiger charge is -2.26. The number of nitrogens with zero attached hydrogens (tertiary/aromatic N) is 1. The lowest BCUT2D eigenvalue weighted by atomic mass is 9.87. The summed E-state index contributed by atoms with van der Waals surface area (Å²) in [6.45, 7) is 3.18. The predicted molar refractivity (Wildman–Crippen MR) is 112 cm³/mol. The second kappa shape index (κ2) is 8.22. The molecule has 2 aromatic rings. The van der Waals surface area contributed by atoms with E-state index in [1.807, 2.05) is 12.1 Å². The van der Waals surface area contributed by atoms with Gasteiger partial charge in [0.2, 0.25) is 0 Å². The topological polar surface area (TPSA) is 30.9 Å². The van der Waals surface area contributed by atoms with Crippen molar-refractivity contribution >= 4 is 11.6 Å². The lowest BCUT2D eigenvalue weighted by molar-refractivity contribution is 0.265. The molecule has 0 saturated heterocycles. The molecule has 0 bridgehead atoms. The Hall–Kier alpha value is -1.91. The lowest BCUT2D eigenvalue weighted by Crippen LogP contribution is -2.30. The van der Waals surface area contributed by atoms with Crippen molar-refractivity contribution in [1.29, 1.82) is 0 Å². The number of ether oxygens (including phenoxy) is 3. The molecule has 0 radical (unpaired) electrons. The van der Waals surface area contributed by atoms with E-state index < -0.39 is 0 Å². The summed E-state index contributed by atoms with van der Waals surface area (Å²) in [6, 6.07) is 10.5. The van der Waals surface area contributed by atoms with Crippen LogP contribution in [0.15, 0.2) is 30.3 Å². The molecule has 2 aromatic carbocycles. The van der Waals surface area contributed by atoms with Gasteiger partial charge in [-0.2, -0.15) is 0 Å².